The van der Waals surface area contributed by atoms with Gasteiger partial charge in [0.15, 0.2) is 0 Å². The zero-order chi connectivity index (χ0) is 13.4. The summed E-state index contributed by atoms with van der Waals surface area (Å²) in [5.74, 6) is 2.24. The molecule has 1 aromatic rings. The largest absolute Gasteiger partial charge is 0.380 e. The number of anilines is 2. The van der Waals surface area contributed by atoms with Crippen LogP contribution in [0.25, 0.3) is 0 Å². The van der Waals surface area contributed by atoms with Gasteiger partial charge < -0.3 is 15.4 Å². The molecule has 102 valence electrons. The van der Waals surface area contributed by atoms with Crippen molar-refractivity contribution in [2.24, 2.45) is 5.92 Å². The van der Waals surface area contributed by atoms with Crippen LogP contribution in [-0.2, 0) is 4.74 Å². The van der Waals surface area contributed by atoms with Crippen molar-refractivity contribution in [2.45, 2.75) is 20.3 Å². The summed E-state index contributed by atoms with van der Waals surface area (Å²) in [7, 11) is 1.83. The van der Waals surface area contributed by atoms with Crippen LogP contribution in [-0.4, -0.2) is 36.8 Å². The minimum atomic E-state index is 0.679. The fourth-order valence-electron chi connectivity index (χ4n) is 1.33. The lowest BCUT2D eigenvalue weighted by molar-refractivity contribution is 0.132. The molecule has 6 heteroatoms. The van der Waals surface area contributed by atoms with Crippen LogP contribution < -0.4 is 10.6 Å². The Morgan fingerprint density at radius 2 is 2.00 bits per heavy atom. The number of nitrogens with one attached hydrogen (secondary N) is 2. The summed E-state index contributed by atoms with van der Waals surface area (Å²) >= 11 is 3.45. The maximum Gasteiger partial charge on any atom is 0.146 e. The molecular weight excluding hydrogens is 296 g/mol. The van der Waals surface area contributed by atoms with Crippen molar-refractivity contribution in [2.75, 3.05) is 37.4 Å². The molecule has 0 saturated heterocycles. The fourth-order valence-corrected chi connectivity index (χ4v) is 1.87. The summed E-state index contributed by atoms with van der Waals surface area (Å²) in [5.41, 5.74) is 0. The Kier molecular flexibility index (Phi) is 6.97. The van der Waals surface area contributed by atoms with Gasteiger partial charge in [-0.15, -0.1) is 0 Å². The highest BCUT2D eigenvalue weighted by Crippen LogP contribution is 2.25. The summed E-state index contributed by atoms with van der Waals surface area (Å²) in [6.07, 6.45) is 2.62. The molecular formula is C12H21BrN4O. The molecule has 1 rings (SSSR count). The predicted octanol–water partition coefficient (Wildman–Crippen LogP) is 2.76. The Labute approximate surface area is 117 Å². The lowest BCUT2D eigenvalue weighted by Gasteiger charge is -2.10. The highest BCUT2D eigenvalue weighted by molar-refractivity contribution is 9.10. The van der Waals surface area contributed by atoms with Crippen molar-refractivity contribution < 1.29 is 4.74 Å². The second-order valence-corrected chi connectivity index (χ2v) is 5.15. The van der Waals surface area contributed by atoms with Crippen LogP contribution in [0.3, 0.4) is 0 Å². The van der Waals surface area contributed by atoms with E-state index in [9.17, 15) is 0 Å². The molecule has 0 spiro atoms. The number of ether oxygens (including phenoxy) is 1. The first-order valence-corrected chi connectivity index (χ1v) is 6.94. The van der Waals surface area contributed by atoms with Gasteiger partial charge in [0, 0.05) is 20.2 Å². The molecule has 0 aliphatic carbocycles. The van der Waals surface area contributed by atoms with Crippen LogP contribution in [0.2, 0.25) is 0 Å². The normalized spacial score (nSPS) is 10.7. The van der Waals surface area contributed by atoms with E-state index in [1.54, 1.807) is 0 Å². The maximum atomic E-state index is 5.53. The Balaban J connectivity index is 2.27. The van der Waals surface area contributed by atoms with Crippen molar-refractivity contribution >= 4 is 27.6 Å². The third kappa shape index (κ3) is 5.18. The van der Waals surface area contributed by atoms with Crippen LogP contribution in [0.15, 0.2) is 10.8 Å². The fraction of sp³-hybridized carbons (Fsp3) is 0.667. The summed E-state index contributed by atoms with van der Waals surface area (Å²) in [4.78, 5) is 8.26. The molecule has 0 aliphatic heterocycles. The molecule has 0 bridgehead atoms. The topological polar surface area (TPSA) is 59.1 Å². The van der Waals surface area contributed by atoms with Crippen molar-refractivity contribution in [3.63, 3.8) is 0 Å². The van der Waals surface area contributed by atoms with Crippen molar-refractivity contribution in [3.8, 4) is 0 Å². The lowest BCUT2D eigenvalue weighted by atomic mass is 10.1. The van der Waals surface area contributed by atoms with Gasteiger partial charge in [0.25, 0.3) is 0 Å². The van der Waals surface area contributed by atoms with Gasteiger partial charge in [-0.25, -0.2) is 9.97 Å². The van der Waals surface area contributed by atoms with E-state index in [1.807, 2.05) is 7.05 Å². The van der Waals surface area contributed by atoms with Gasteiger partial charge in [-0.05, 0) is 28.3 Å². The van der Waals surface area contributed by atoms with Crippen molar-refractivity contribution in [3.05, 3.63) is 10.8 Å². The Morgan fingerprint density at radius 3 is 2.67 bits per heavy atom. The number of rotatable bonds is 8. The molecule has 18 heavy (non-hydrogen) atoms. The van der Waals surface area contributed by atoms with E-state index in [2.05, 4.69) is 50.4 Å². The first-order chi connectivity index (χ1) is 8.65. The van der Waals surface area contributed by atoms with Gasteiger partial charge in [-0.3, -0.25) is 0 Å². The van der Waals surface area contributed by atoms with Crippen LogP contribution in [0, 0.1) is 5.92 Å². The average Bonchev–Trinajstić information content (AvgIpc) is 2.35. The average molecular weight is 317 g/mol. The van der Waals surface area contributed by atoms with E-state index < -0.39 is 0 Å². The molecule has 1 aromatic heterocycles. The Hall–Kier alpha value is -0.880. The zero-order valence-corrected chi connectivity index (χ0v) is 12.7. The number of halogens is 1. The van der Waals surface area contributed by atoms with Gasteiger partial charge in [0.1, 0.15) is 22.4 Å². The highest BCUT2D eigenvalue weighted by Gasteiger charge is 2.06. The molecule has 0 aliphatic rings. The maximum absolute atomic E-state index is 5.53. The standard InChI is InChI=1S/C12H21BrN4O/c1-9(2)4-6-18-7-5-15-12-10(13)11(14-3)16-8-17-12/h8-9H,4-7H2,1-3H3,(H2,14,15,16,17). The molecule has 5 nitrogen and oxygen atoms in total. The molecule has 0 radical (unpaired) electrons. The van der Waals surface area contributed by atoms with Gasteiger partial charge in [0.2, 0.25) is 0 Å². The van der Waals surface area contributed by atoms with Gasteiger partial charge >= 0.3 is 0 Å². The van der Waals surface area contributed by atoms with E-state index in [0.29, 0.717) is 12.5 Å². The quantitative estimate of drug-likeness (QED) is 0.722. The second kappa shape index (κ2) is 8.26. The van der Waals surface area contributed by atoms with Crippen LogP contribution in [0.5, 0.6) is 0 Å². The molecule has 0 aromatic carbocycles. The molecule has 0 saturated carbocycles. The zero-order valence-electron chi connectivity index (χ0n) is 11.2. The van der Waals surface area contributed by atoms with Crippen molar-refractivity contribution in [1.29, 1.82) is 0 Å². The molecule has 0 unspecified atom stereocenters. The van der Waals surface area contributed by atoms with Gasteiger partial charge in [0.05, 0.1) is 6.61 Å². The highest BCUT2D eigenvalue weighted by atomic mass is 79.9. The monoisotopic (exact) mass is 316 g/mol. The summed E-state index contributed by atoms with van der Waals surface area (Å²) < 4.78 is 6.37. The van der Waals surface area contributed by atoms with E-state index >= 15 is 0 Å². The minimum absolute atomic E-state index is 0.679. The number of hydrogen-bond donors (Lipinski definition) is 2. The summed E-state index contributed by atoms with van der Waals surface area (Å²) in [5, 5.41) is 6.20. The summed E-state index contributed by atoms with van der Waals surface area (Å²) in [6.45, 7) is 6.61. The molecule has 0 amide bonds. The molecule has 0 fully saturated rings. The second-order valence-electron chi connectivity index (χ2n) is 4.36. The third-order valence-electron chi connectivity index (χ3n) is 2.40. The van der Waals surface area contributed by atoms with E-state index in [-0.39, 0.29) is 0 Å². The van der Waals surface area contributed by atoms with Gasteiger partial charge in [-0.2, -0.15) is 0 Å². The molecule has 1 heterocycles. The van der Waals surface area contributed by atoms with E-state index in [1.165, 1.54) is 6.33 Å². The lowest BCUT2D eigenvalue weighted by Crippen LogP contribution is -2.12. The number of hydrogen-bond acceptors (Lipinski definition) is 5. The smallest absolute Gasteiger partial charge is 0.146 e. The number of nitrogens with zero attached hydrogens (tertiary/aromatic N) is 2. The minimum Gasteiger partial charge on any atom is -0.380 e. The first-order valence-electron chi connectivity index (χ1n) is 6.15. The Bertz CT molecular complexity index is 360. The van der Waals surface area contributed by atoms with Gasteiger partial charge in [-0.1, -0.05) is 13.8 Å². The van der Waals surface area contributed by atoms with Crippen LogP contribution in [0.1, 0.15) is 20.3 Å². The van der Waals surface area contributed by atoms with E-state index in [0.717, 1.165) is 35.7 Å². The van der Waals surface area contributed by atoms with Crippen LogP contribution in [0.4, 0.5) is 11.6 Å². The van der Waals surface area contributed by atoms with Crippen molar-refractivity contribution in [1.82, 2.24) is 9.97 Å². The first kappa shape index (κ1) is 15.2. The predicted molar refractivity (Wildman–Crippen MR) is 78.0 cm³/mol. The molecule has 0 atom stereocenters. The Morgan fingerprint density at radius 1 is 1.28 bits per heavy atom. The number of aromatic nitrogens is 2. The molecule has 2 N–H and O–H groups in total. The van der Waals surface area contributed by atoms with Crippen LogP contribution >= 0.6 is 15.9 Å². The SMILES string of the molecule is CNc1ncnc(NCCOCCC(C)C)c1Br. The van der Waals surface area contributed by atoms with E-state index in [4.69, 9.17) is 4.74 Å². The summed E-state index contributed by atoms with van der Waals surface area (Å²) in [6, 6.07) is 0. The third-order valence-corrected chi connectivity index (χ3v) is 3.16.